The van der Waals surface area contributed by atoms with Gasteiger partial charge in [0, 0.05) is 5.56 Å². The third kappa shape index (κ3) is 0.982. The molecule has 1 atom stereocenters. The van der Waals surface area contributed by atoms with Crippen LogP contribution in [0.1, 0.15) is 11.9 Å². The molecule has 1 heterocycles. The topological polar surface area (TPSA) is 49.7 Å². The molecule has 0 aliphatic carbocycles. The summed E-state index contributed by atoms with van der Waals surface area (Å²) in [6.45, 7) is 0. The number of phenols is 1. The third-order valence-corrected chi connectivity index (χ3v) is 1.83. The summed E-state index contributed by atoms with van der Waals surface area (Å²) in [5.41, 5.74) is 0.572. The van der Waals surface area contributed by atoms with E-state index in [4.69, 9.17) is 10.1 Å². The number of fused-ring (bicyclic) bond motifs is 1. The minimum atomic E-state index is -1.59. The van der Waals surface area contributed by atoms with E-state index >= 15 is 0 Å². The lowest BCUT2D eigenvalue weighted by Crippen LogP contribution is -2.27. The highest BCUT2D eigenvalue weighted by Crippen LogP contribution is 2.25. The molecule has 0 saturated carbocycles. The Morgan fingerprint density at radius 3 is 3.00 bits per heavy atom. The van der Waals surface area contributed by atoms with Gasteiger partial charge in [0.05, 0.1) is 0 Å². The quantitative estimate of drug-likeness (QED) is 0.539. The van der Waals surface area contributed by atoms with Gasteiger partial charge in [0.2, 0.25) is 6.36 Å². The molecule has 2 rings (SSSR count). The van der Waals surface area contributed by atoms with Crippen LogP contribution in [0.25, 0.3) is 0 Å². The Kier molecular flexibility index (Phi) is 1.56. The lowest BCUT2D eigenvalue weighted by atomic mass is 9.79. The van der Waals surface area contributed by atoms with Crippen molar-refractivity contribution in [3.05, 3.63) is 23.8 Å². The summed E-state index contributed by atoms with van der Waals surface area (Å²) in [5, 5.41) is 18.1. The summed E-state index contributed by atoms with van der Waals surface area (Å²) in [7, 11) is -1.26. The zero-order chi connectivity index (χ0) is 8.72. The predicted molar refractivity (Wildman–Crippen MR) is 40.6 cm³/mol. The maximum atomic E-state index is 12.8. The van der Waals surface area contributed by atoms with Crippen molar-refractivity contribution in [3.63, 3.8) is 0 Å². The van der Waals surface area contributed by atoms with Crippen LogP contribution in [0.4, 0.5) is 4.39 Å². The van der Waals surface area contributed by atoms with Crippen LogP contribution >= 0.6 is 0 Å². The SMILES string of the molecule is OB1OC(F)c2ccc(O)cc21. The Morgan fingerprint density at radius 2 is 2.25 bits per heavy atom. The van der Waals surface area contributed by atoms with Crippen molar-refractivity contribution in [2.24, 2.45) is 0 Å². The first-order valence-electron chi connectivity index (χ1n) is 3.49. The fraction of sp³-hybridized carbons (Fsp3) is 0.143. The van der Waals surface area contributed by atoms with E-state index in [-0.39, 0.29) is 11.3 Å². The molecule has 3 nitrogen and oxygen atoms in total. The van der Waals surface area contributed by atoms with Gasteiger partial charge >= 0.3 is 7.12 Å². The smallest absolute Gasteiger partial charge is 0.494 e. The van der Waals surface area contributed by atoms with E-state index in [1.807, 2.05) is 0 Å². The highest BCUT2D eigenvalue weighted by molar-refractivity contribution is 6.61. The number of aromatic hydroxyl groups is 1. The summed E-state index contributed by atoms with van der Waals surface area (Å²) in [6, 6.07) is 4.04. The van der Waals surface area contributed by atoms with Crippen LogP contribution in [0.3, 0.4) is 0 Å². The van der Waals surface area contributed by atoms with Crippen molar-refractivity contribution in [2.75, 3.05) is 0 Å². The Labute approximate surface area is 68.6 Å². The van der Waals surface area contributed by atoms with E-state index < -0.39 is 13.5 Å². The van der Waals surface area contributed by atoms with Gasteiger partial charge < -0.3 is 14.8 Å². The van der Waals surface area contributed by atoms with Crippen molar-refractivity contribution in [2.45, 2.75) is 6.36 Å². The lowest BCUT2D eigenvalue weighted by molar-refractivity contribution is 0.0621. The van der Waals surface area contributed by atoms with Crippen molar-refractivity contribution in [3.8, 4) is 5.75 Å². The summed E-state index contributed by atoms with van der Waals surface area (Å²) in [5.74, 6) is -0.00880. The van der Waals surface area contributed by atoms with Gasteiger partial charge in [-0.25, -0.2) is 4.39 Å². The minimum absolute atomic E-state index is 0.00880. The fourth-order valence-corrected chi connectivity index (χ4v) is 1.24. The van der Waals surface area contributed by atoms with E-state index in [9.17, 15) is 4.39 Å². The lowest BCUT2D eigenvalue weighted by Gasteiger charge is -1.99. The highest BCUT2D eigenvalue weighted by Gasteiger charge is 2.35. The van der Waals surface area contributed by atoms with E-state index in [0.29, 0.717) is 5.46 Å². The maximum Gasteiger partial charge on any atom is 0.494 e. The second kappa shape index (κ2) is 2.47. The van der Waals surface area contributed by atoms with Gasteiger partial charge in [-0.2, -0.15) is 0 Å². The standard InChI is InChI=1S/C7H6BFO3/c9-7-5-2-1-4(10)3-6(5)8(11)12-7/h1-3,7,10-11H. The number of rotatable bonds is 0. The van der Waals surface area contributed by atoms with E-state index in [2.05, 4.69) is 4.65 Å². The molecule has 0 radical (unpaired) electrons. The van der Waals surface area contributed by atoms with Crippen molar-refractivity contribution in [1.29, 1.82) is 0 Å². The Hall–Kier alpha value is -1.07. The highest BCUT2D eigenvalue weighted by atomic mass is 19.1. The van der Waals surface area contributed by atoms with Crippen molar-refractivity contribution in [1.82, 2.24) is 0 Å². The number of halogens is 1. The van der Waals surface area contributed by atoms with E-state index in [0.717, 1.165) is 0 Å². The van der Waals surface area contributed by atoms with Crippen LogP contribution in [0.15, 0.2) is 18.2 Å². The summed E-state index contributed by atoms with van der Waals surface area (Å²) < 4.78 is 17.3. The largest absolute Gasteiger partial charge is 0.508 e. The first-order valence-corrected chi connectivity index (χ1v) is 3.49. The second-order valence-corrected chi connectivity index (χ2v) is 2.62. The molecule has 1 aliphatic rings. The van der Waals surface area contributed by atoms with Crippen LogP contribution < -0.4 is 5.46 Å². The average Bonchev–Trinajstić information content (AvgIpc) is 2.28. The van der Waals surface area contributed by atoms with Gasteiger partial charge in [-0.05, 0) is 17.6 Å². The predicted octanol–water partition coefficient (Wildman–Crippen LogP) is 0.0780. The molecule has 1 aromatic carbocycles. The molecule has 0 amide bonds. The summed E-state index contributed by atoms with van der Waals surface area (Å²) in [4.78, 5) is 0. The minimum Gasteiger partial charge on any atom is -0.508 e. The molecule has 1 aromatic rings. The first-order chi connectivity index (χ1) is 5.68. The molecule has 0 bridgehead atoms. The zero-order valence-corrected chi connectivity index (χ0v) is 6.07. The molecule has 1 aliphatic heterocycles. The second-order valence-electron chi connectivity index (χ2n) is 2.62. The molecule has 2 N–H and O–H groups in total. The van der Waals surface area contributed by atoms with Crippen molar-refractivity contribution < 1.29 is 19.2 Å². The van der Waals surface area contributed by atoms with Crippen LogP contribution in [-0.4, -0.2) is 17.2 Å². The summed E-state index contributed by atoms with van der Waals surface area (Å²) >= 11 is 0. The number of hydrogen-bond donors (Lipinski definition) is 2. The maximum absolute atomic E-state index is 12.8. The van der Waals surface area contributed by atoms with Crippen molar-refractivity contribution >= 4 is 12.6 Å². The van der Waals surface area contributed by atoms with Crippen LogP contribution in [-0.2, 0) is 4.65 Å². The van der Waals surface area contributed by atoms with Gasteiger partial charge in [-0.3, -0.25) is 0 Å². The summed E-state index contributed by atoms with van der Waals surface area (Å²) in [6.07, 6.45) is -1.59. The fourth-order valence-electron chi connectivity index (χ4n) is 1.24. The number of hydrogen-bond acceptors (Lipinski definition) is 3. The van der Waals surface area contributed by atoms with Gasteiger partial charge in [0.1, 0.15) is 5.75 Å². The number of phenolic OH excluding ortho intramolecular Hbond substituents is 1. The van der Waals surface area contributed by atoms with E-state index in [1.165, 1.54) is 18.2 Å². The van der Waals surface area contributed by atoms with Gasteiger partial charge in [0.15, 0.2) is 0 Å². The normalized spacial score (nSPS) is 21.2. The number of benzene rings is 1. The first kappa shape index (κ1) is 7.58. The molecule has 0 spiro atoms. The molecule has 0 aromatic heterocycles. The van der Waals surface area contributed by atoms with Gasteiger partial charge in [-0.15, -0.1) is 0 Å². The van der Waals surface area contributed by atoms with Crippen LogP contribution in [0, 0.1) is 0 Å². The monoisotopic (exact) mass is 168 g/mol. The molecule has 5 heteroatoms. The molecule has 1 unspecified atom stereocenters. The number of alkyl halides is 1. The molecular weight excluding hydrogens is 162 g/mol. The molecule has 12 heavy (non-hydrogen) atoms. The third-order valence-electron chi connectivity index (χ3n) is 1.83. The molecule has 0 saturated heterocycles. The molecule has 62 valence electrons. The van der Waals surface area contributed by atoms with Gasteiger partial charge in [0.25, 0.3) is 0 Å². The zero-order valence-electron chi connectivity index (χ0n) is 6.07. The molecule has 0 fully saturated rings. The Bertz CT molecular complexity index is 318. The Morgan fingerprint density at radius 1 is 1.50 bits per heavy atom. The average molecular weight is 168 g/mol. The van der Waals surface area contributed by atoms with Crippen LogP contribution in [0.5, 0.6) is 5.75 Å². The van der Waals surface area contributed by atoms with Gasteiger partial charge in [-0.1, -0.05) is 6.07 Å². The van der Waals surface area contributed by atoms with Crippen LogP contribution in [0.2, 0.25) is 0 Å². The molecular formula is C7H6BFO3. The van der Waals surface area contributed by atoms with E-state index in [1.54, 1.807) is 0 Å². The Balaban J connectivity index is 2.53.